The minimum Gasteiger partial charge on any atom is -0.493 e. The van der Waals surface area contributed by atoms with Crippen molar-refractivity contribution in [3.05, 3.63) is 77.1 Å². The highest BCUT2D eigenvalue weighted by Crippen LogP contribution is 2.36. The van der Waals surface area contributed by atoms with E-state index in [9.17, 15) is 13.6 Å². The molecule has 0 aliphatic carbocycles. The van der Waals surface area contributed by atoms with Crippen LogP contribution in [0.2, 0.25) is 0 Å². The van der Waals surface area contributed by atoms with Gasteiger partial charge in [0.2, 0.25) is 0 Å². The molecule has 0 saturated heterocycles. The van der Waals surface area contributed by atoms with Crippen molar-refractivity contribution in [3.8, 4) is 17.2 Å². The van der Waals surface area contributed by atoms with Crippen LogP contribution in [0.15, 0.2) is 59.9 Å². The van der Waals surface area contributed by atoms with E-state index in [2.05, 4.69) is 15.3 Å². The molecule has 0 bridgehead atoms. The zero-order valence-corrected chi connectivity index (χ0v) is 16.0. The summed E-state index contributed by atoms with van der Waals surface area (Å²) in [6.45, 7) is 0. The number of anilines is 2. The Bertz CT molecular complexity index is 1260. The van der Waals surface area contributed by atoms with Gasteiger partial charge in [0.05, 0.1) is 30.8 Å². The summed E-state index contributed by atoms with van der Waals surface area (Å²) in [4.78, 5) is 21.2. The minimum absolute atomic E-state index is 0.182. The summed E-state index contributed by atoms with van der Waals surface area (Å²) in [5, 5.41) is 2.95. The number of hydrogen-bond acceptors (Lipinski definition) is 6. The molecule has 30 heavy (non-hydrogen) atoms. The molecule has 1 N–H and O–H groups in total. The molecule has 0 fully saturated rings. The lowest BCUT2D eigenvalue weighted by Crippen LogP contribution is -2.18. The number of aromatic nitrogens is 3. The number of nitrogens with zero attached hydrogens (tertiary/aromatic N) is 3. The first-order chi connectivity index (χ1) is 14.5. The zero-order chi connectivity index (χ0) is 21.3. The van der Waals surface area contributed by atoms with Crippen LogP contribution in [-0.2, 0) is 0 Å². The maximum Gasteiger partial charge on any atom is 0.265 e. The van der Waals surface area contributed by atoms with Crippen molar-refractivity contribution in [2.45, 2.75) is 0 Å². The summed E-state index contributed by atoms with van der Waals surface area (Å²) in [7, 11) is 2.53. The minimum atomic E-state index is -0.920. The van der Waals surface area contributed by atoms with Crippen LogP contribution in [0.3, 0.4) is 0 Å². The third-order valence-electron chi connectivity index (χ3n) is 4.54. The van der Waals surface area contributed by atoms with E-state index in [1.165, 1.54) is 31.2 Å². The van der Waals surface area contributed by atoms with E-state index < -0.39 is 17.3 Å². The van der Waals surface area contributed by atoms with Crippen LogP contribution in [0.1, 0.15) is 0 Å². The van der Waals surface area contributed by atoms with Crippen LogP contribution in [0.25, 0.3) is 16.6 Å². The molecular formula is C21H16F2N4O3. The third kappa shape index (κ3) is 3.30. The average molecular weight is 410 g/mol. The van der Waals surface area contributed by atoms with Gasteiger partial charge < -0.3 is 14.8 Å². The molecule has 0 saturated carbocycles. The standard InChI is InChI=1S/C21H16F2N4O3/c1-29-16-10-17(30-2)19(23)20(18(16)22)26-12-3-4-15-14(9-12)21(28)27(11-25-15)13-5-7-24-8-6-13/h3-11,26H,1-2H3. The fraction of sp³-hybridized carbons (Fsp3) is 0.0952. The molecule has 2 aromatic heterocycles. The molecule has 4 aromatic rings. The van der Waals surface area contributed by atoms with E-state index in [1.54, 1.807) is 36.7 Å². The van der Waals surface area contributed by atoms with Gasteiger partial charge in [0, 0.05) is 24.1 Å². The predicted molar refractivity (Wildman–Crippen MR) is 108 cm³/mol. The second kappa shape index (κ2) is 7.78. The molecule has 152 valence electrons. The number of methoxy groups -OCH3 is 2. The van der Waals surface area contributed by atoms with Crippen LogP contribution < -0.4 is 20.3 Å². The van der Waals surface area contributed by atoms with Crippen molar-refractivity contribution < 1.29 is 18.3 Å². The lowest BCUT2D eigenvalue weighted by molar-refractivity contribution is 0.360. The van der Waals surface area contributed by atoms with Crippen molar-refractivity contribution in [3.63, 3.8) is 0 Å². The molecule has 0 atom stereocenters. The topological polar surface area (TPSA) is 78.3 Å². The van der Waals surface area contributed by atoms with Crippen LogP contribution >= 0.6 is 0 Å². The first kappa shape index (κ1) is 19.3. The van der Waals surface area contributed by atoms with Gasteiger partial charge in [-0.2, -0.15) is 0 Å². The Kier molecular flexibility index (Phi) is 5.01. The van der Waals surface area contributed by atoms with Gasteiger partial charge in [-0.15, -0.1) is 0 Å². The van der Waals surface area contributed by atoms with Gasteiger partial charge >= 0.3 is 0 Å². The Balaban J connectivity index is 1.82. The summed E-state index contributed by atoms with van der Waals surface area (Å²) in [6, 6.07) is 9.09. The van der Waals surface area contributed by atoms with Gasteiger partial charge in [-0.05, 0) is 30.3 Å². The van der Waals surface area contributed by atoms with Gasteiger partial charge in [-0.25, -0.2) is 13.8 Å². The van der Waals surface area contributed by atoms with E-state index in [4.69, 9.17) is 9.47 Å². The SMILES string of the molecule is COc1cc(OC)c(F)c(Nc2ccc3ncn(-c4ccncc4)c(=O)c3c2)c1F. The van der Waals surface area contributed by atoms with E-state index in [1.807, 2.05) is 0 Å². The molecule has 0 unspecified atom stereocenters. The fourth-order valence-electron chi connectivity index (χ4n) is 3.03. The Labute approximate surface area is 169 Å². The van der Waals surface area contributed by atoms with Crippen LogP contribution in [0, 0.1) is 11.6 Å². The Morgan fingerprint density at radius 3 is 2.27 bits per heavy atom. The summed E-state index contributed by atoms with van der Waals surface area (Å²) in [5.74, 6) is -2.20. The van der Waals surface area contributed by atoms with Gasteiger partial charge in [-0.1, -0.05) is 0 Å². The fourth-order valence-corrected chi connectivity index (χ4v) is 3.03. The van der Waals surface area contributed by atoms with E-state index in [0.717, 1.165) is 6.07 Å². The molecule has 2 aromatic carbocycles. The first-order valence-corrected chi connectivity index (χ1v) is 8.82. The van der Waals surface area contributed by atoms with Crippen molar-refractivity contribution >= 4 is 22.3 Å². The van der Waals surface area contributed by atoms with Crippen LogP contribution in [0.4, 0.5) is 20.2 Å². The van der Waals surface area contributed by atoms with Crippen LogP contribution in [0.5, 0.6) is 11.5 Å². The average Bonchev–Trinajstić information content (AvgIpc) is 2.78. The van der Waals surface area contributed by atoms with E-state index in [-0.39, 0.29) is 22.4 Å². The van der Waals surface area contributed by atoms with Crippen molar-refractivity contribution in [2.24, 2.45) is 0 Å². The molecule has 7 nitrogen and oxygen atoms in total. The highest BCUT2D eigenvalue weighted by atomic mass is 19.1. The largest absolute Gasteiger partial charge is 0.493 e. The second-order valence-corrected chi connectivity index (χ2v) is 6.27. The van der Waals surface area contributed by atoms with Crippen molar-refractivity contribution in [1.82, 2.24) is 14.5 Å². The molecule has 9 heteroatoms. The Hall–Kier alpha value is -4.01. The quantitative estimate of drug-likeness (QED) is 0.539. The lowest BCUT2D eigenvalue weighted by Gasteiger charge is -2.14. The number of benzene rings is 2. The summed E-state index contributed by atoms with van der Waals surface area (Å²) < 4.78 is 40.5. The normalized spacial score (nSPS) is 10.8. The van der Waals surface area contributed by atoms with Gasteiger partial charge in [0.25, 0.3) is 5.56 Å². The number of fused-ring (bicyclic) bond motifs is 1. The van der Waals surface area contributed by atoms with Gasteiger partial charge in [-0.3, -0.25) is 14.3 Å². The van der Waals surface area contributed by atoms with E-state index in [0.29, 0.717) is 16.9 Å². The van der Waals surface area contributed by atoms with Gasteiger partial charge in [0.15, 0.2) is 23.1 Å². The third-order valence-corrected chi connectivity index (χ3v) is 4.54. The smallest absolute Gasteiger partial charge is 0.265 e. The molecule has 0 aliphatic heterocycles. The molecular weight excluding hydrogens is 394 g/mol. The predicted octanol–water partition coefficient (Wildman–Crippen LogP) is 3.82. The van der Waals surface area contributed by atoms with Gasteiger partial charge in [0.1, 0.15) is 12.0 Å². The lowest BCUT2D eigenvalue weighted by atomic mass is 10.2. The molecule has 4 rings (SSSR count). The molecule has 0 amide bonds. The number of hydrogen-bond donors (Lipinski definition) is 1. The second-order valence-electron chi connectivity index (χ2n) is 6.27. The number of rotatable bonds is 5. The molecule has 0 spiro atoms. The Morgan fingerprint density at radius 2 is 1.63 bits per heavy atom. The number of nitrogens with one attached hydrogen (secondary N) is 1. The van der Waals surface area contributed by atoms with Crippen LogP contribution in [-0.4, -0.2) is 28.8 Å². The monoisotopic (exact) mass is 410 g/mol. The molecule has 0 aliphatic rings. The van der Waals surface area contributed by atoms with Crippen molar-refractivity contribution in [1.29, 1.82) is 0 Å². The van der Waals surface area contributed by atoms with Crippen molar-refractivity contribution in [2.75, 3.05) is 19.5 Å². The number of halogens is 2. The summed E-state index contributed by atoms with van der Waals surface area (Å²) in [6.07, 6.45) is 4.54. The highest BCUT2D eigenvalue weighted by molar-refractivity contribution is 5.83. The number of pyridine rings is 1. The maximum atomic E-state index is 14.6. The Morgan fingerprint density at radius 1 is 0.967 bits per heavy atom. The summed E-state index contributed by atoms with van der Waals surface area (Å²) in [5.41, 5.74) is 0.544. The highest BCUT2D eigenvalue weighted by Gasteiger charge is 2.20. The van der Waals surface area contributed by atoms with E-state index >= 15 is 0 Å². The molecule has 0 radical (unpaired) electrons. The zero-order valence-electron chi connectivity index (χ0n) is 16.0. The summed E-state index contributed by atoms with van der Waals surface area (Å²) >= 11 is 0. The number of ether oxygens (including phenoxy) is 2. The molecule has 2 heterocycles. The maximum absolute atomic E-state index is 14.6. The first-order valence-electron chi connectivity index (χ1n) is 8.82.